The summed E-state index contributed by atoms with van der Waals surface area (Å²) in [7, 11) is 0. The number of nitrogens with zero attached hydrogens (tertiary/aromatic N) is 3. The number of carbonyl (C=O) groups excluding carboxylic acids is 2. The number of hydrogen-bond donors (Lipinski definition) is 2. The van der Waals surface area contributed by atoms with Crippen LogP contribution in [0.3, 0.4) is 0 Å². The van der Waals surface area contributed by atoms with Crippen LogP contribution in [0.5, 0.6) is 0 Å². The van der Waals surface area contributed by atoms with E-state index in [1.165, 1.54) is 0 Å². The van der Waals surface area contributed by atoms with Crippen molar-refractivity contribution in [3.8, 4) is 5.69 Å². The first-order valence-electron chi connectivity index (χ1n) is 10.4. The zero-order valence-corrected chi connectivity index (χ0v) is 16.3. The number of imidazole rings is 1. The Hall–Kier alpha value is -2.67. The van der Waals surface area contributed by atoms with Gasteiger partial charge in [0.2, 0.25) is 5.91 Å². The molecular weight excluding hydrogens is 368 g/mol. The molecule has 1 atom stereocenters. The van der Waals surface area contributed by atoms with E-state index in [-0.39, 0.29) is 35.3 Å². The van der Waals surface area contributed by atoms with Gasteiger partial charge in [-0.05, 0) is 44.2 Å². The number of amides is 2. The lowest BCUT2D eigenvalue weighted by molar-refractivity contribution is -0.141. The maximum atomic E-state index is 12.8. The van der Waals surface area contributed by atoms with E-state index < -0.39 is 0 Å². The number of hydrogen-bond acceptors (Lipinski definition) is 4. The normalized spacial score (nSPS) is 27.3. The summed E-state index contributed by atoms with van der Waals surface area (Å²) in [6.07, 6.45) is 7.10. The first-order valence-corrected chi connectivity index (χ1v) is 10.4. The Balaban J connectivity index is 1.21. The van der Waals surface area contributed by atoms with Crippen molar-refractivity contribution in [2.24, 2.45) is 11.8 Å². The van der Waals surface area contributed by atoms with Crippen molar-refractivity contribution in [3.63, 3.8) is 0 Å². The molecule has 3 fully saturated rings. The zero-order valence-electron chi connectivity index (χ0n) is 16.3. The maximum Gasteiger partial charge on any atom is 0.271 e. The monoisotopic (exact) mass is 394 g/mol. The number of aliphatic hydroxyl groups is 1. The number of para-hydroxylation sites is 1. The quantitative estimate of drug-likeness (QED) is 0.809. The maximum absolute atomic E-state index is 12.8. The van der Waals surface area contributed by atoms with Crippen LogP contribution in [0.2, 0.25) is 0 Å². The third-order valence-corrected chi connectivity index (χ3v) is 6.76. The predicted molar refractivity (Wildman–Crippen MR) is 106 cm³/mol. The molecule has 0 bridgehead atoms. The minimum absolute atomic E-state index is 0.0181. The second kappa shape index (κ2) is 6.99. The van der Waals surface area contributed by atoms with Gasteiger partial charge in [-0.15, -0.1) is 0 Å². The average Bonchev–Trinajstić information content (AvgIpc) is 3.14. The third kappa shape index (κ3) is 3.44. The molecular formula is C22H26N4O3. The number of nitrogens with one attached hydrogen (secondary N) is 1. The number of carbonyl (C=O) groups is 2. The Morgan fingerprint density at radius 2 is 1.93 bits per heavy atom. The summed E-state index contributed by atoms with van der Waals surface area (Å²) in [5.41, 5.74) is 1.17. The van der Waals surface area contributed by atoms with Crippen molar-refractivity contribution < 1.29 is 14.7 Å². The average molecular weight is 394 g/mol. The van der Waals surface area contributed by atoms with Gasteiger partial charge in [-0.25, -0.2) is 4.98 Å². The van der Waals surface area contributed by atoms with Crippen LogP contribution in [0.1, 0.15) is 42.6 Å². The summed E-state index contributed by atoms with van der Waals surface area (Å²) in [4.78, 5) is 31.6. The molecule has 7 nitrogen and oxygen atoms in total. The number of rotatable bonds is 5. The summed E-state index contributed by atoms with van der Waals surface area (Å²) in [5.74, 6) is 0.289. The van der Waals surface area contributed by atoms with Gasteiger partial charge in [0.25, 0.3) is 5.91 Å². The van der Waals surface area contributed by atoms with E-state index in [1.807, 2.05) is 39.8 Å². The Morgan fingerprint density at radius 1 is 1.17 bits per heavy atom. The van der Waals surface area contributed by atoms with Crippen LogP contribution in [-0.2, 0) is 4.79 Å². The van der Waals surface area contributed by atoms with Crippen molar-refractivity contribution in [1.29, 1.82) is 0 Å². The van der Waals surface area contributed by atoms with E-state index >= 15 is 0 Å². The van der Waals surface area contributed by atoms with Gasteiger partial charge in [0.1, 0.15) is 12.0 Å². The molecule has 2 aromatic rings. The van der Waals surface area contributed by atoms with Gasteiger partial charge in [-0.2, -0.15) is 0 Å². The van der Waals surface area contributed by atoms with E-state index in [1.54, 1.807) is 12.5 Å². The van der Waals surface area contributed by atoms with E-state index in [0.717, 1.165) is 31.5 Å². The fourth-order valence-corrected chi connectivity index (χ4v) is 4.70. The van der Waals surface area contributed by atoms with Crippen LogP contribution in [0.4, 0.5) is 0 Å². The van der Waals surface area contributed by atoms with Crippen LogP contribution in [0.15, 0.2) is 42.9 Å². The molecule has 29 heavy (non-hydrogen) atoms. The highest BCUT2D eigenvalue weighted by molar-refractivity contribution is 5.93. The van der Waals surface area contributed by atoms with Gasteiger partial charge in [-0.1, -0.05) is 18.2 Å². The van der Waals surface area contributed by atoms with E-state index in [0.29, 0.717) is 25.1 Å². The molecule has 1 unspecified atom stereocenters. The lowest BCUT2D eigenvalue weighted by atomic mass is 9.81. The Morgan fingerprint density at radius 3 is 2.62 bits per heavy atom. The lowest BCUT2D eigenvalue weighted by Gasteiger charge is -2.33. The summed E-state index contributed by atoms with van der Waals surface area (Å²) in [5, 5.41) is 12.7. The molecule has 2 saturated carbocycles. The molecule has 2 amide bonds. The predicted octanol–water partition coefficient (Wildman–Crippen LogP) is 1.75. The van der Waals surface area contributed by atoms with Gasteiger partial charge in [0.15, 0.2) is 0 Å². The Labute approximate surface area is 169 Å². The van der Waals surface area contributed by atoms with E-state index in [4.69, 9.17) is 0 Å². The first kappa shape index (κ1) is 18.4. The third-order valence-electron chi connectivity index (χ3n) is 6.76. The SMILES string of the molecule is O=C(NC1(C2CCN(C(=O)C3CC(O)C3)C2)CC1)c1cn(-c2ccccc2)cn1. The molecule has 3 aliphatic rings. The molecule has 1 aromatic carbocycles. The Bertz CT molecular complexity index is 915. The summed E-state index contributed by atoms with van der Waals surface area (Å²) >= 11 is 0. The fraction of sp³-hybridized carbons (Fsp3) is 0.500. The van der Waals surface area contributed by atoms with Gasteiger partial charge in [0, 0.05) is 42.3 Å². The van der Waals surface area contributed by atoms with Crippen molar-refractivity contribution in [2.45, 2.75) is 43.7 Å². The minimum Gasteiger partial charge on any atom is -0.393 e. The number of benzene rings is 1. The zero-order chi connectivity index (χ0) is 20.0. The van der Waals surface area contributed by atoms with E-state index in [9.17, 15) is 14.7 Å². The second-order valence-corrected chi connectivity index (χ2v) is 8.70. The smallest absolute Gasteiger partial charge is 0.271 e. The molecule has 0 spiro atoms. The fourth-order valence-electron chi connectivity index (χ4n) is 4.70. The van der Waals surface area contributed by atoms with Gasteiger partial charge >= 0.3 is 0 Å². The molecule has 1 aliphatic heterocycles. The highest BCUT2D eigenvalue weighted by Gasteiger charge is 2.53. The van der Waals surface area contributed by atoms with Gasteiger partial charge in [-0.3, -0.25) is 9.59 Å². The summed E-state index contributed by atoms with van der Waals surface area (Å²) in [6, 6.07) is 9.79. The molecule has 152 valence electrons. The first-order chi connectivity index (χ1) is 14.0. The van der Waals surface area contributed by atoms with Crippen molar-refractivity contribution in [3.05, 3.63) is 48.5 Å². The molecule has 1 aromatic heterocycles. The molecule has 7 heteroatoms. The van der Waals surface area contributed by atoms with Crippen LogP contribution in [0.25, 0.3) is 5.69 Å². The molecule has 2 heterocycles. The topological polar surface area (TPSA) is 87.5 Å². The second-order valence-electron chi connectivity index (χ2n) is 8.70. The van der Waals surface area contributed by atoms with Crippen molar-refractivity contribution in [1.82, 2.24) is 19.8 Å². The molecule has 1 saturated heterocycles. The Kier molecular flexibility index (Phi) is 4.42. The van der Waals surface area contributed by atoms with E-state index in [2.05, 4.69) is 10.3 Å². The van der Waals surface area contributed by atoms with Crippen LogP contribution >= 0.6 is 0 Å². The number of aliphatic hydroxyl groups excluding tert-OH is 1. The summed E-state index contributed by atoms with van der Waals surface area (Å²) in [6.45, 7) is 1.44. The highest BCUT2D eigenvalue weighted by Crippen LogP contribution is 2.46. The molecule has 2 N–H and O–H groups in total. The van der Waals surface area contributed by atoms with Gasteiger partial charge < -0.3 is 19.9 Å². The lowest BCUT2D eigenvalue weighted by Crippen LogP contribution is -2.46. The van der Waals surface area contributed by atoms with Crippen LogP contribution in [-0.4, -0.2) is 56.1 Å². The largest absolute Gasteiger partial charge is 0.393 e. The van der Waals surface area contributed by atoms with Crippen LogP contribution in [0, 0.1) is 11.8 Å². The number of aromatic nitrogens is 2. The van der Waals surface area contributed by atoms with Gasteiger partial charge in [0.05, 0.1) is 6.10 Å². The van der Waals surface area contributed by atoms with Crippen LogP contribution < -0.4 is 5.32 Å². The molecule has 0 radical (unpaired) electrons. The van der Waals surface area contributed by atoms with Crippen molar-refractivity contribution in [2.75, 3.05) is 13.1 Å². The summed E-state index contributed by atoms with van der Waals surface area (Å²) < 4.78 is 1.84. The molecule has 2 aliphatic carbocycles. The number of likely N-dealkylation sites (tertiary alicyclic amines) is 1. The van der Waals surface area contributed by atoms with Crippen molar-refractivity contribution >= 4 is 11.8 Å². The standard InChI is InChI=1S/C22H26N4O3/c27-18-10-15(11-18)21(29)25-9-6-16(12-25)22(7-8-22)24-20(28)19-13-26(14-23-19)17-4-2-1-3-5-17/h1-5,13-16,18,27H,6-12H2,(H,24,28). The highest BCUT2D eigenvalue weighted by atomic mass is 16.3. The molecule has 5 rings (SSSR count). The minimum atomic E-state index is -0.313.